The number of morpholine rings is 1. The fourth-order valence-corrected chi connectivity index (χ4v) is 15.5. The third-order valence-corrected chi connectivity index (χ3v) is 22.2. The number of ether oxygens (including phenoxy) is 8. The first-order valence-electron chi connectivity index (χ1n) is 39.7. The van der Waals surface area contributed by atoms with E-state index in [0.29, 0.717) is 78.5 Å². The number of nitrogens with two attached hydrogens (primary N) is 6. The summed E-state index contributed by atoms with van der Waals surface area (Å²) in [7, 11) is 6.43. The number of pyridine rings is 3. The van der Waals surface area contributed by atoms with E-state index in [1.165, 1.54) is 50.1 Å². The zero-order valence-corrected chi connectivity index (χ0v) is 66.9. The molecule has 29 nitrogen and oxygen atoms in total. The minimum Gasteiger partial charge on any atom is -0.489 e. The molecule has 0 atom stereocenters. The first-order chi connectivity index (χ1) is 55.3. The third kappa shape index (κ3) is 20.8. The summed E-state index contributed by atoms with van der Waals surface area (Å²) in [5.74, 6) is 5.22. The Morgan fingerprint density at radius 1 is 0.447 bits per heavy atom. The van der Waals surface area contributed by atoms with E-state index in [4.69, 9.17) is 87.2 Å². The summed E-state index contributed by atoms with van der Waals surface area (Å²) < 4.78 is 47.3. The lowest BCUT2D eigenvalue weighted by atomic mass is 9.92. The van der Waals surface area contributed by atoms with Gasteiger partial charge in [-0.15, -0.1) is 0 Å². The van der Waals surface area contributed by atoms with Gasteiger partial charge in [-0.2, -0.15) is 0 Å². The van der Waals surface area contributed by atoms with Crippen LogP contribution in [0.4, 0.5) is 34.9 Å². The summed E-state index contributed by atoms with van der Waals surface area (Å²) in [5, 5.41) is 0. The number of carbonyl (C=O) groups is 1. The zero-order valence-electron chi connectivity index (χ0n) is 66.9. The van der Waals surface area contributed by atoms with Crippen molar-refractivity contribution in [3.05, 3.63) is 159 Å². The second kappa shape index (κ2) is 38.3. The number of nitrogens with zero attached hydrogens (tertiary/aromatic N) is 14. The van der Waals surface area contributed by atoms with E-state index < -0.39 is 0 Å². The highest BCUT2D eigenvalue weighted by Gasteiger charge is 2.27. The van der Waals surface area contributed by atoms with E-state index in [9.17, 15) is 4.79 Å². The van der Waals surface area contributed by atoms with Crippen LogP contribution in [-0.2, 0) is 73.0 Å². The maximum atomic E-state index is 12.0. The molecule has 15 rings (SSSR count). The molecule has 12 heterocycles. The maximum absolute atomic E-state index is 12.0. The third-order valence-electron chi connectivity index (χ3n) is 22.2. The molecular formula is C85H110N20O9. The van der Waals surface area contributed by atoms with Crippen LogP contribution in [0.1, 0.15) is 112 Å². The number of hydrogen-bond acceptors (Lipinski definition) is 28. The summed E-state index contributed by atoms with van der Waals surface area (Å²) in [4.78, 5) is 63.0. The van der Waals surface area contributed by atoms with Gasteiger partial charge in [-0.25, -0.2) is 44.9 Å². The molecule has 0 aliphatic carbocycles. The van der Waals surface area contributed by atoms with Crippen molar-refractivity contribution in [2.75, 3.05) is 154 Å². The number of amides is 1. The largest absolute Gasteiger partial charge is 0.489 e. The molecule has 0 saturated carbocycles. The quantitative estimate of drug-likeness (QED) is 0.0327. The van der Waals surface area contributed by atoms with Gasteiger partial charge in [0.25, 0.3) is 17.6 Å². The Morgan fingerprint density at radius 2 is 0.833 bits per heavy atom. The van der Waals surface area contributed by atoms with E-state index in [1.807, 2.05) is 30.0 Å². The number of aromatic nitrogens is 9. The van der Waals surface area contributed by atoms with Crippen molar-refractivity contribution < 1.29 is 42.7 Å². The zero-order chi connectivity index (χ0) is 79.8. The van der Waals surface area contributed by atoms with Crippen LogP contribution in [0.25, 0.3) is 33.8 Å². The van der Waals surface area contributed by atoms with Crippen molar-refractivity contribution in [2.45, 2.75) is 125 Å². The van der Waals surface area contributed by atoms with Crippen molar-refractivity contribution in [1.82, 2.24) is 69.4 Å². The van der Waals surface area contributed by atoms with Gasteiger partial charge >= 0.3 is 0 Å². The highest BCUT2D eigenvalue weighted by molar-refractivity contribution is 5.76. The topological polar surface area (TPSA) is 379 Å². The summed E-state index contributed by atoms with van der Waals surface area (Å²) in [6, 6.07) is 18.6. The van der Waals surface area contributed by atoms with Gasteiger partial charge in [-0.05, 0) is 210 Å². The summed E-state index contributed by atoms with van der Waals surface area (Å²) in [5.41, 5.74) is 56.5. The molecule has 29 heteroatoms. The van der Waals surface area contributed by atoms with Crippen molar-refractivity contribution in [3.8, 4) is 68.7 Å². The number of hydrogen-bond donors (Lipinski definition) is 6. The molecule has 604 valence electrons. The second-order valence-electron chi connectivity index (χ2n) is 30.5. The highest BCUT2D eigenvalue weighted by atomic mass is 16.5. The van der Waals surface area contributed by atoms with Crippen LogP contribution in [0, 0.1) is 32.6 Å². The van der Waals surface area contributed by atoms with Crippen LogP contribution >= 0.6 is 0 Å². The lowest BCUT2D eigenvalue weighted by Gasteiger charge is -2.32. The van der Waals surface area contributed by atoms with Gasteiger partial charge in [-0.3, -0.25) is 9.69 Å². The van der Waals surface area contributed by atoms with Gasteiger partial charge in [0.1, 0.15) is 26.4 Å². The van der Waals surface area contributed by atoms with Gasteiger partial charge in [0, 0.05) is 144 Å². The minimum atomic E-state index is 0.155. The van der Waals surface area contributed by atoms with Crippen LogP contribution in [-0.4, -0.2) is 195 Å². The van der Waals surface area contributed by atoms with Crippen LogP contribution in [0.5, 0.6) is 34.9 Å². The summed E-state index contributed by atoms with van der Waals surface area (Å²) in [6.07, 6.45) is 18.6. The molecule has 6 aliphatic heterocycles. The molecule has 6 aromatic heterocycles. The number of piperidine rings is 1. The number of aryl methyl sites for hydroxylation is 3. The Morgan fingerprint density at radius 3 is 1.24 bits per heavy atom. The van der Waals surface area contributed by atoms with Crippen molar-refractivity contribution in [2.24, 2.45) is 11.8 Å². The molecule has 0 unspecified atom stereocenters. The standard InChI is InChI=1S/C30H39N7O3.C28H36N6O3.C27H35N7O3/c1-4-26(38)37-11-6-20(7-12-37)17-39-27-21(5-9-33-28(27)31)18-40-30-29(32)34-15-25(35-30)22-13-19(2)24-8-10-36(3)16-23(24)14-22;1-18-13-21(14-22-16-34(2)9-4-23(18)22)24-15-32-27(30)28(33-24)37-17-20-3-8-31-26(29)25(20)36-12-7-19-5-10-35-11-6-19;1-18-13-20(14-21-16-33(2)6-4-22(18)21)23-15-31-26(29)27(32-23)37-17-19-3-5-30-25(28)24(19)36-12-9-34-7-10-35-11-8-34/h5,9,13-15,20H,4,6-8,10-12,16-18H2,1-3H3,(H2,31,33)(H2,32,34);3,8,13-15,19H,4-7,9-12,16-17H2,1-2H3,(H2,29,31)(H2,30,32);3,5,13-15H,4,6-12,16-17H2,1-2H3,(H2,28,30)(H2,29,31). The van der Waals surface area contributed by atoms with E-state index in [-0.39, 0.29) is 60.8 Å². The Kier molecular flexibility index (Phi) is 27.3. The van der Waals surface area contributed by atoms with Gasteiger partial charge < -0.3 is 91.9 Å². The van der Waals surface area contributed by atoms with Crippen molar-refractivity contribution >= 4 is 40.8 Å². The Hall–Kier alpha value is -10.8. The number of nitrogen functional groups attached to an aromatic ring is 6. The molecule has 0 bridgehead atoms. The first-order valence-corrected chi connectivity index (χ1v) is 39.7. The molecule has 12 N–H and O–H groups in total. The summed E-state index contributed by atoms with van der Waals surface area (Å²) in [6.45, 7) is 23.7. The lowest BCUT2D eigenvalue weighted by molar-refractivity contribution is -0.132. The minimum absolute atomic E-state index is 0.155. The Bertz CT molecular complexity index is 4610. The maximum Gasteiger partial charge on any atom is 0.258 e. The Balaban J connectivity index is 0.000000149. The smallest absolute Gasteiger partial charge is 0.258 e. The van der Waals surface area contributed by atoms with Gasteiger partial charge in [0.2, 0.25) is 5.91 Å². The first kappa shape index (κ1) is 81.2. The number of rotatable bonds is 24. The molecule has 3 fully saturated rings. The van der Waals surface area contributed by atoms with Crippen molar-refractivity contribution in [1.29, 1.82) is 0 Å². The van der Waals surface area contributed by atoms with Crippen LogP contribution in [0.15, 0.2) is 91.8 Å². The predicted octanol–water partition coefficient (Wildman–Crippen LogP) is 9.67. The van der Waals surface area contributed by atoms with Crippen molar-refractivity contribution in [3.63, 3.8) is 0 Å². The van der Waals surface area contributed by atoms with E-state index in [2.05, 4.69) is 128 Å². The molecule has 3 saturated heterocycles. The molecule has 6 aliphatic rings. The normalized spacial score (nSPS) is 16.3. The number of carbonyl (C=O) groups excluding carboxylic acids is 1. The van der Waals surface area contributed by atoms with Gasteiger partial charge in [0.15, 0.2) is 52.2 Å². The number of benzene rings is 3. The second-order valence-corrected chi connectivity index (χ2v) is 30.5. The highest BCUT2D eigenvalue weighted by Crippen LogP contribution is 2.37. The van der Waals surface area contributed by atoms with Crippen LogP contribution in [0.3, 0.4) is 0 Å². The van der Waals surface area contributed by atoms with Crippen LogP contribution < -0.4 is 62.8 Å². The lowest BCUT2D eigenvalue weighted by Crippen LogP contribution is -2.39. The van der Waals surface area contributed by atoms with E-state index in [1.54, 1.807) is 37.2 Å². The monoisotopic (exact) mass is 1550 g/mol. The fourth-order valence-electron chi connectivity index (χ4n) is 15.5. The molecule has 9 aromatic rings. The van der Waals surface area contributed by atoms with Gasteiger partial charge in [-0.1, -0.05) is 6.92 Å². The Labute approximate surface area is 667 Å². The molecule has 114 heavy (non-hydrogen) atoms. The van der Waals surface area contributed by atoms with Crippen LogP contribution in [0.2, 0.25) is 0 Å². The number of likely N-dealkylation sites (N-methyl/N-ethyl adjacent to an activating group) is 3. The van der Waals surface area contributed by atoms with Gasteiger partial charge in [0.05, 0.1) is 62.1 Å². The van der Waals surface area contributed by atoms with E-state index in [0.717, 1.165) is 195 Å². The number of likely N-dealkylation sites (tertiary alicyclic amines) is 1. The number of fused-ring (bicyclic) bond motifs is 3. The fraction of sp³-hybridized carbons (Fsp3) is 0.459. The molecule has 3 aromatic carbocycles. The molecule has 1 amide bonds. The van der Waals surface area contributed by atoms with E-state index >= 15 is 0 Å². The average molecular weight is 1560 g/mol. The number of anilines is 6. The molecular weight excluding hydrogens is 1450 g/mol. The molecule has 0 spiro atoms. The SMILES string of the molecule is CCC(=O)N1CCC(COc2c(COc3nc(-c4cc(C)c5c(c4)CN(C)CC5)cnc3N)ccnc2N)CC1.Cc1cc(-c2cnc(N)c(OCc3ccnc(N)c3OCCC3CCOCC3)n2)cc2c1CCN(C)C2.Cc1cc(-c2cnc(N)c(OCc3ccnc(N)c3OCCN3CCOCC3)n2)cc2c1CCN(C)C2. The predicted molar refractivity (Wildman–Crippen MR) is 440 cm³/mol. The summed E-state index contributed by atoms with van der Waals surface area (Å²) >= 11 is 0. The average Bonchev–Trinajstić information content (AvgIpc) is 0.800. The molecule has 0 radical (unpaired) electrons.